The molecule has 0 aromatic carbocycles. The average Bonchev–Trinajstić information content (AvgIpc) is 3.39. The van der Waals surface area contributed by atoms with Crippen LogP contribution in [0.15, 0.2) is 40.1 Å². The molecule has 146 valence electrons. The number of carbonyl (C=O) groups is 1. The van der Waals surface area contributed by atoms with Gasteiger partial charge in [0, 0.05) is 26.2 Å². The van der Waals surface area contributed by atoms with Gasteiger partial charge < -0.3 is 14.2 Å². The van der Waals surface area contributed by atoms with Gasteiger partial charge in [0.15, 0.2) is 5.16 Å². The second kappa shape index (κ2) is 9.12. The van der Waals surface area contributed by atoms with E-state index >= 15 is 0 Å². The Labute approximate surface area is 164 Å². The lowest BCUT2D eigenvalue weighted by atomic mass is 10.3. The second-order valence-electron chi connectivity index (χ2n) is 6.80. The van der Waals surface area contributed by atoms with Crippen LogP contribution in [0.2, 0.25) is 0 Å². The van der Waals surface area contributed by atoms with Crippen LogP contribution in [0.25, 0.3) is 0 Å². The lowest BCUT2D eigenvalue weighted by Gasteiger charge is -2.21. The summed E-state index contributed by atoms with van der Waals surface area (Å²) in [6.07, 6.45) is 4.00. The van der Waals surface area contributed by atoms with E-state index in [2.05, 4.69) is 26.2 Å². The fourth-order valence-electron chi connectivity index (χ4n) is 3.16. The van der Waals surface area contributed by atoms with Crippen LogP contribution in [0.4, 0.5) is 5.95 Å². The molecule has 3 rings (SSSR count). The van der Waals surface area contributed by atoms with Crippen molar-refractivity contribution in [3.05, 3.63) is 36.3 Å². The van der Waals surface area contributed by atoms with Crippen LogP contribution in [0.5, 0.6) is 0 Å². The maximum atomic E-state index is 12.6. The zero-order chi connectivity index (χ0) is 19.2. The molecule has 0 atom stereocenters. The molecule has 1 amide bonds. The molecule has 2 aromatic rings. The van der Waals surface area contributed by atoms with Crippen molar-refractivity contribution in [3.63, 3.8) is 0 Å². The van der Waals surface area contributed by atoms with Crippen molar-refractivity contribution in [3.8, 4) is 0 Å². The fourth-order valence-corrected chi connectivity index (χ4v) is 3.99. The van der Waals surface area contributed by atoms with Crippen LogP contribution in [0, 0.1) is 0 Å². The van der Waals surface area contributed by atoms with Gasteiger partial charge in [-0.2, -0.15) is 0 Å². The van der Waals surface area contributed by atoms with Crippen molar-refractivity contribution in [2.24, 2.45) is 0 Å². The number of aromatic nitrogens is 3. The Morgan fingerprint density at radius 1 is 1.37 bits per heavy atom. The number of rotatable bonds is 9. The van der Waals surface area contributed by atoms with Gasteiger partial charge >= 0.3 is 0 Å². The first-order valence-corrected chi connectivity index (χ1v) is 10.3. The lowest BCUT2D eigenvalue weighted by molar-refractivity contribution is -0.127. The van der Waals surface area contributed by atoms with Gasteiger partial charge in [-0.15, -0.1) is 10.2 Å². The Morgan fingerprint density at radius 3 is 2.78 bits per heavy atom. The van der Waals surface area contributed by atoms with E-state index in [-0.39, 0.29) is 5.91 Å². The zero-order valence-corrected chi connectivity index (χ0v) is 16.9. The topological polar surface area (TPSA) is 67.4 Å². The molecule has 1 fully saturated rings. The highest BCUT2D eigenvalue weighted by molar-refractivity contribution is 7.99. The minimum absolute atomic E-state index is 0.0840. The largest absolute Gasteiger partial charge is 0.467 e. The first kappa shape index (κ1) is 19.5. The molecule has 0 radical (unpaired) electrons. The number of hydrogen-bond donors (Lipinski definition) is 0. The van der Waals surface area contributed by atoms with Gasteiger partial charge in [0.2, 0.25) is 11.9 Å². The molecule has 8 heteroatoms. The lowest BCUT2D eigenvalue weighted by Crippen LogP contribution is -2.33. The highest BCUT2D eigenvalue weighted by Gasteiger charge is 2.23. The molecule has 0 bridgehead atoms. The van der Waals surface area contributed by atoms with Gasteiger partial charge in [0.05, 0.1) is 18.6 Å². The molecule has 7 nitrogen and oxygen atoms in total. The third-order valence-corrected chi connectivity index (χ3v) is 5.45. The van der Waals surface area contributed by atoms with Crippen LogP contribution >= 0.6 is 11.8 Å². The Morgan fingerprint density at radius 2 is 2.15 bits per heavy atom. The fraction of sp³-hybridized carbons (Fsp3) is 0.526. The van der Waals surface area contributed by atoms with Gasteiger partial charge in [-0.1, -0.05) is 23.9 Å². The number of amides is 1. The number of furan rings is 1. The van der Waals surface area contributed by atoms with Crippen LogP contribution < -0.4 is 4.90 Å². The number of carbonyl (C=O) groups excluding carboxylic acids is 1. The van der Waals surface area contributed by atoms with Gasteiger partial charge in [-0.3, -0.25) is 9.36 Å². The maximum Gasteiger partial charge on any atom is 0.233 e. The van der Waals surface area contributed by atoms with Gasteiger partial charge in [-0.25, -0.2) is 0 Å². The van der Waals surface area contributed by atoms with E-state index in [1.165, 1.54) is 24.6 Å². The molecule has 1 aliphatic rings. The molecule has 1 aliphatic heterocycles. The van der Waals surface area contributed by atoms with Gasteiger partial charge in [-0.05, 0) is 38.8 Å². The summed E-state index contributed by atoms with van der Waals surface area (Å²) in [6.45, 7) is 11.6. The summed E-state index contributed by atoms with van der Waals surface area (Å²) in [6, 6.07) is 3.82. The maximum absolute atomic E-state index is 12.6. The summed E-state index contributed by atoms with van der Waals surface area (Å²) in [4.78, 5) is 16.6. The quantitative estimate of drug-likeness (QED) is 0.485. The summed E-state index contributed by atoms with van der Waals surface area (Å²) in [5, 5.41) is 9.51. The summed E-state index contributed by atoms with van der Waals surface area (Å²) in [5.74, 6) is 2.12. The molecule has 0 aliphatic carbocycles. The Balaban J connectivity index is 1.74. The van der Waals surface area contributed by atoms with E-state index in [0.717, 1.165) is 35.5 Å². The number of likely N-dealkylation sites (N-methyl/N-ethyl adjacent to an activating group) is 1. The molecule has 0 spiro atoms. The van der Waals surface area contributed by atoms with E-state index in [1.54, 1.807) is 6.26 Å². The van der Waals surface area contributed by atoms with Crippen molar-refractivity contribution >= 4 is 23.6 Å². The van der Waals surface area contributed by atoms with Crippen molar-refractivity contribution in [2.45, 2.75) is 38.4 Å². The van der Waals surface area contributed by atoms with Crippen LogP contribution in [0.1, 0.15) is 32.4 Å². The van der Waals surface area contributed by atoms with Crippen molar-refractivity contribution in [1.82, 2.24) is 19.7 Å². The summed E-state index contributed by atoms with van der Waals surface area (Å²) >= 11 is 1.43. The Kier molecular flexibility index (Phi) is 6.60. The van der Waals surface area contributed by atoms with E-state index in [1.807, 2.05) is 30.9 Å². The number of nitrogens with zero attached hydrogens (tertiary/aromatic N) is 5. The van der Waals surface area contributed by atoms with Crippen LogP contribution in [-0.2, 0) is 11.3 Å². The predicted octanol–water partition coefficient (Wildman–Crippen LogP) is 3.04. The molecule has 3 heterocycles. The average molecular weight is 390 g/mol. The zero-order valence-electron chi connectivity index (χ0n) is 16.1. The van der Waals surface area contributed by atoms with Crippen molar-refractivity contribution in [1.29, 1.82) is 0 Å². The monoisotopic (exact) mass is 389 g/mol. The second-order valence-corrected chi connectivity index (χ2v) is 7.74. The number of thioether (sulfide) groups is 1. The smallest absolute Gasteiger partial charge is 0.233 e. The predicted molar refractivity (Wildman–Crippen MR) is 107 cm³/mol. The highest BCUT2D eigenvalue weighted by Crippen LogP contribution is 2.26. The minimum atomic E-state index is 0.0840. The van der Waals surface area contributed by atoms with E-state index in [9.17, 15) is 4.79 Å². The Hall–Kier alpha value is -2.22. The molecule has 27 heavy (non-hydrogen) atoms. The van der Waals surface area contributed by atoms with Crippen molar-refractivity contribution < 1.29 is 9.21 Å². The molecule has 0 saturated carbocycles. The van der Waals surface area contributed by atoms with E-state index in [0.29, 0.717) is 25.4 Å². The summed E-state index contributed by atoms with van der Waals surface area (Å²) in [5.41, 5.74) is 0.979. The van der Waals surface area contributed by atoms with Crippen molar-refractivity contribution in [2.75, 3.05) is 36.8 Å². The first-order chi connectivity index (χ1) is 13.1. The standard InChI is InChI=1S/C19H27N5O2S/c1-4-22(12-15(2)3)17(25)14-27-19-21-20-18(23-9-5-6-10-23)24(19)13-16-8-7-11-26-16/h7-8,11H,2,4-6,9-10,12-14H2,1,3H3. The molecular weight excluding hydrogens is 362 g/mol. The summed E-state index contributed by atoms with van der Waals surface area (Å²) < 4.78 is 7.57. The normalized spacial score (nSPS) is 13.9. The van der Waals surface area contributed by atoms with E-state index in [4.69, 9.17) is 4.42 Å². The van der Waals surface area contributed by atoms with Crippen LogP contribution in [-0.4, -0.2) is 57.5 Å². The third-order valence-electron chi connectivity index (χ3n) is 4.50. The Bertz CT molecular complexity index is 765. The minimum Gasteiger partial charge on any atom is -0.467 e. The van der Waals surface area contributed by atoms with Gasteiger partial charge in [0.25, 0.3) is 0 Å². The van der Waals surface area contributed by atoms with Gasteiger partial charge in [0.1, 0.15) is 5.76 Å². The molecular formula is C19H27N5O2S. The first-order valence-electron chi connectivity index (χ1n) is 9.34. The molecule has 2 aromatic heterocycles. The third kappa shape index (κ3) is 4.94. The SMILES string of the molecule is C=C(C)CN(CC)C(=O)CSc1nnc(N2CCCC2)n1Cc1ccco1. The molecule has 1 saturated heterocycles. The van der Waals surface area contributed by atoms with Crippen LogP contribution in [0.3, 0.4) is 0 Å². The number of anilines is 1. The number of hydrogen-bond acceptors (Lipinski definition) is 6. The highest BCUT2D eigenvalue weighted by atomic mass is 32.2. The summed E-state index contributed by atoms with van der Waals surface area (Å²) in [7, 11) is 0. The van der Waals surface area contributed by atoms with E-state index < -0.39 is 0 Å². The molecule has 0 N–H and O–H groups in total. The molecule has 0 unspecified atom stereocenters.